The van der Waals surface area contributed by atoms with Crippen LogP contribution >= 0.6 is 15.9 Å². The van der Waals surface area contributed by atoms with E-state index in [0.29, 0.717) is 0 Å². The number of hydrogen-bond acceptors (Lipinski definition) is 2. The van der Waals surface area contributed by atoms with Gasteiger partial charge in [-0.25, -0.2) is 13.6 Å². The Balaban J connectivity index is 3.82. The lowest BCUT2D eigenvalue weighted by atomic mass is 10.4. The summed E-state index contributed by atoms with van der Waals surface area (Å²) in [5.74, 6) is -0.708. The van der Waals surface area contributed by atoms with E-state index >= 15 is 0 Å². The Morgan fingerprint density at radius 2 is 2.18 bits per heavy atom. The lowest BCUT2D eigenvalue weighted by Gasteiger charge is -1.99. The van der Waals surface area contributed by atoms with Gasteiger partial charge in [0.15, 0.2) is 11.3 Å². The Morgan fingerprint density at radius 1 is 1.64 bits per heavy atom. The minimum absolute atomic E-state index is 0.708. The molecule has 0 saturated heterocycles. The lowest BCUT2D eigenvalue weighted by molar-refractivity contribution is -0.134. The lowest BCUT2D eigenvalue weighted by Crippen LogP contribution is -2.07. The normalized spacial score (nSPS) is 16.4. The topological polar surface area (TPSA) is 26.3 Å². The van der Waals surface area contributed by atoms with Crippen molar-refractivity contribution in [1.29, 1.82) is 0 Å². The van der Waals surface area contributed by atoms with E-state index < -0.39 is 17.2 Å². The second-order valence-corrected chi connectivity index (χ2v) is 2.54. The Bertz CT molecular complexity index is 159. The van der Waals surface area contributed by atoms with Crippen LogP contribution in [0.4, 0.5) is 8.78 Å². The van der Waals surface area contributed by atoms with E-state index in [-0.39, 0.29) is 0 Å². The molecule has 11 heavy (non-hydrogen) atoms. The zero-order chi connectivity index (χ0) is 8.85. The molecule has 0 aromatic carbocycles. The maximum atomic E-state index is 12.3. The quantitative estimate of drug-likeness (QED) is 0.418. The molecule has 0 rings (SSSR count). The van der Waals surface area contributed by atoms with Gasteiger partial charge in [0.05, 0.1) is 7.11 Å². The fraction of sp³-hybridized carbons (Fsp3) is 0.500. The van der Waals surface area contributed by atoms with Crippen molar-refractivity contribution in [2.24, 2.45) is 0 Å². The van der Waals surface area contributed by atoms with Crippen LogP contribution in [0.2, 0.25) is 0 Å². The van der Waals surface area contributed by atoms with Crippen LogP contribution in [0.1, 0.15) is 0 Å². The molecule has 64 valence electrons. The molecule has 2 atom stereocenters. The standard InChI is InChI=1S/C6H7BrF2O2/c1-11-5(10)3-2-4(8)6(7)9/h2-4,6H,1H3. The van der Waals surface area contributed by atoms with Gasteiger partial charge in [0.2, 0.25) is 0 Å². The third-order valence-corrected chi connectivity index (χ3v) is 1.36. The highest BCUT2D eigenvalue weighted by Gasteiger charge is 2.12. The van der Waals surface area contributed by atoms with Gasteiger partial charge in [-0.15, -0.1) is 0 Å². The van der Waals surface area contributed by atoms with Crippen LogP contribution in [0, 0.1) is 0 Å². The van der Waals surface area contributed by atoms with E-state index in [1.807, 2.05) is 0 Å². The first kappa shape index (κ1) is 10.6. The van der Waals surface area contributed by atoms with Gasteiger partial charge < -0.3 is 4.74 Å². The van der Waals surface area contributed by atoms with Crippen molar-refractivity contribution in [3.05, 3.63) is 12.2 Å². The van der Waals surface area contributed by atoms with Crippen molar-refractivity contribution < 1.29 is 18.3 Å². The monoisotopic (exact) mass is 228 g/mol. The van der Waals surface area contributed by atoms with Gasteiger partial charge in [0, 0.05) is 6.08 Å². The average Bonchev–Trinajstić information content (AvgIpc) is 1.99. The number of alkyl halides is 3. The van der Waals surface area contributed by atoms with Crippen molar-refractivity contribution in [3.63, 3.8) is 0 Å². The number of methoxy groups -OCH3 is 1. The minimum atomic E-state index is -1.82. The van der Waals surface area contributed by atoms with E-state index in [0.717, 1.165) is 19.3 Å². The third-order valence-electron chi connectivity index (χ3n) is 0.858. The molecule has 0 saturated carbocycles. The zero-order valence-electron chi connectivity index (χ0n) is 5.76. The first-order valence-corrected chi connectivity index (χ1v) is 3.68. The van der Waals surface area contributed by atoms with Crippen molar-refractivity contribution in [2.75, 3.05) is 7.11 Å². The Labute approximate surface area is 71.3 Å². The number of hydrogen-bond donors (Lipinski definition) is 0. The Kier molecular flexibility index (Phi) is 5.02. The van der Waals surface area contributed by atoms with Crippen molar-refractivity contribution >= 4 is 21.9 Å². The van der Waals surface area contributed by atoms with Crippen LogP contribution in [0.3, 0.4) is 0 Å². The van der Waals surface area contributed by atoms with Crippen LogP contribution in [0.15, 0.2) is 12.2 Å². The Morgan fingerprint density at radius 3 is 2.55 bits per heavy atom. The van der Waals surface area contributed by atoms with Crippen LogP contribution in [-0.4, -0.2) is 24.3 Å². The fourth-order valence-electron chi connectivity index (χ4n) is 0.323. The van der Waals surface area contributed by atoms with E-state index in [9.17, 15) is 13.6 Å². The second kappa shape index (κ2) is 5.23. The summed E-state index contributed by atoms with van der Waals surface area (Å²) < 4.78 is 28.4. The number of carbonyl (C=O) groups is 1. The van der Waals surface area contributed by atoms with E-state index in [4.69, 9.17) is 0 Å². The summed E-state index contributed by atoms with van der Waals surface area (Å²) in [6, 6.07) is 0. The van der Waals surface area contributed by atoms with Crippen molar-refractivity contribution in [2.45, 2.75) is 11.3 Å². The van der Waals surface area contributed by atoms with Gasteiger partial charge in [0.1, 0.15) is 0 Å². The van der Waals surface area contributed by atoms with Gasteiger partial charge in [-0.3, -0.25) is 0 Å². The second-order valence-electron chi connectivity index (χ2n) is 1.66. The smallest absolute Gasteiger partial charge is 0.330 e. The first-order chi connectivity index (χ1) is 5.07. The molecule has 2 nitrogen and oxygen atoms in total. The molecular weight excluding hydrogens is 222 g/mol. The van der Waals surface area contributed by atoms with Gasteiger partial charge in [-0.05, 0) is 22.0 Å². The molecule has 0 aromatic heterocycles. The molecule has 0 spiro atoms. The molecule has 0 N–H and O–H groups in total. The van der Waals surface area contributed by atoms with Gasteiger partial charge in [0.25, 0.3) is 0 Å². The summed E-state index contributed by atoms with van der Waals surface area (Å²) >= 11 is 2.37. The van der Waals surface area contributed by atoms with Crippen LogP contribution in [0.25, 0.3) is 0 Å². The average molecular weight is 229 g/mol. The van der Waals surface area contributed by atoms with Gasteiger partial charge in [-0.2, -0.15) is 0 Å². The summed E-state index contributed by atoms with van der Waals surface area (Å²) in [7, 11) is 1.15. The molecule has 0 fully saturated rings. The molecule has 0 aliphatic rings. The van der Waals surface area contributed by atoms with Crippen LogP contribution in [-0.2, 0) is 9.53 Å². The first-order valence-electron chi connectivity index (χ1n) is 2.76. The summed E-state index contributed by atoms with van der Waals surface area (Å²) in [5.41, 5.74) is 0. The number of ether oxygens (including phenoxy) is 1. The highest BCUT2D eigenvalue weighted by atomic mass is 79.9. The van der Waals surface area contributed by atoms with Crippen LogP contribution in [0.5, 0.6) is 0 Å². The molecule has 0 aromatic rings. The van der Waals surface area contributed by atoms with E-state index in [1.54, 1.807) is 0 Å². The number of allylic oxidation sites excluding steroid dienone is 1. The summed E-state index contributed by atoms with van der Waals surface area (Å²) in [5, 5.41) is -1.79. The number of esters is 1. The minimum Gasteiger partial charge on any atom is -0.466 e. The number of carbonyl (C=O) groups excluding carboxylic acids is 1. The molecule has 5 heteroatoms. The number of halogens is 3. The van der Waals surface area contributed by atoms with Crippen LogP contribution < -0.4 is 0 Å². The Hall–Kier alpha value is -0.450. The molecule has 0 heterocycles. The van der Waals surface area contributed by atoms with Gasteiger partial charge in [-0.1, -0.05) is 0 Å². The fourth-order valence-corrected chi connectivity index (χ4v) is 0.499. The largest absolute Gasteiger partial charge is 0.466 e. The molecule has 0 radical (unpaired) electrons. The molecule has 2 unspecified atom stereocenters. The summed E-state index contributed by atoms with van der Waals surface area (Å²) in [4.78, 5) is 10.3. The molecule has 0 bridgehead atoms. The van der Waals surface area contributed by atoms with E-state index in [1.165, 1.54) is 0 Å². The summed E-state index contributed by atoms with van der Waals surface area (Å²) in [6.07, 6.45) is -0.210. The highest BCUT2D eigenvalue weighted by molar-refractivity contribution is 9.09. The molecule has 0 aliphatic heterocycles. The predicted molar refractivity (Wildman–Crippen MR) is 39.9 cm³/mol. The van der Waals surface area contributed by atoms with Gasteiger partial charge >= 0.3 is 5.97 Å². The molecule has 0 amide bonds. The maximum Gasteiger partial charge on any atom is 0.330 e. The summed E-state index contributed by atoms with van der Waals surface area (Å²) in [6.45, 7) is 0. The molecule has 0 aliphatic carbocycles. The maximum absolute atomic E-state index is 12.3. The molecular formula is C6H7BrF2O2. The SMILES string of the molecule is COC(=O)C=CC(F)C(F)Br. The number of rotatable bonds is 3. The zero-order valence-corrected chi connectivity index (χ0v) is 7.35. The third kappa shape index (κ3) is 4.89. The highest BCUT2D eigenvalue weighted by Crippen LogP contribution is 2.11. The van der Waals surface area contributed by atoms with Crippen molar-refractivity contribution in [3.8, 4) is 0 Å². The van der Waals surface area contributed by atoms with Crippen molar-refractivity contribution in [1.82, 2.24) is 0 Å². The predicted octanol–water partition coefficient (Wildman–Crippen LogP) is 1.74. The van der Waals surface area contributed by atoms with E-state index in [2.05, 4.69) is 20.7 Å².